The Morgan fingerprint density at radius 1 is 1.12 bits per heavy atom. The summed E-state index contributed by atoms with van der Waals surface area (Å²) >= 11 is 0. The normalized spacial score (nSPS) is 30.5. The van der Waals surface area contributed by atoms with Gasteiger partial charge in [-0.15, -0.1) is 0 Å². The Kier molecular flexibility index (Phi) is 4.55. The van der Waals surface area contributed by atoms with Crippen LogP contribution in [0.15, 0.2) is 24.3 Å². The summed E-state index contributed by atoms with van der Waals surface area (Å²) < 4.78 is 18.8. The molecule has 1 aromatic carbocycles. The fourth-order valence-electron chi connectivity index (χ4n) is 4.43. The van der Waals surface area contributed by atoms with Crippen LogP contribution in [0.1, 0.15) is 29.6 Å². The highest BCUT2D eigenvalue weighted by molar-refractivity contribution is 5.94. The Morgan fingerprint density at radius 3 is 2.67 bits per heavy atom. The number of amides is 1. The fraction of sp³-hybridized carbons (Fsp3) is 0.632. The molecule has 0 saturated carbocycles. The van der Waals surface area contributed by atoms with Crippen molar-refractivity contribution in [2.75, 3.05) is 39.3 Å². The van der Waals surface area contributed by atoms with Crippen LogP contribution in [0.2, 0.25) is 0 Å². The molecule has 5 heteroatoms. The first-order chi connectivity index (χ1) is 11.7. The van der Waals surface area contributed by atoms with Crippen LogP contribution >= 0.6 is 0 Å². The lowest BCUT2D eigenvalue weighted by Crippen LogP contribution is -2.43. The van der Waals surface area contributed by atoms with Gasteiger partial charge >= 0.3 is 0 Å². The Hall–Kier alpha value is -1.46. The molecule has 1 amide bonds. The summed E-state index contributed by atoms with van der Waals surface area (Å²) in [5, 5.41) is 0. The SMILES string of the molecule is O=C(c1ccc(F)cc1)N1C[C@H]2CCN(CC3CCCO3)C[C@H]2C1. The summed E-state index contributed by atoms with van der Waals surface area (Å²) in [6, 6.07) is 5.89. The highest BCUT2D eigenvalue weighted by Gasteiger charge is 2.39. The number of carbonyl (C=O) groups excluding carboxylic acids is 1. The van der Waals surface area contributed by atoms with Gasteiger partial charge in [-0.3, -0.25) is 4.79 Å². The van der Waals surface area contributed by atoms with Crippen molar-refractivity contribution < 1.29 is 13.9 Å². The van der Waals surface area contributed by atoms with E-state index in [1.54, 1.807) is 12.1 Å². The van der Waals surface area contributed by atoms with Crippen molar-refractivity contribution in [3.8, 4) is 0 Å². The van der Waals surface area contributed by atoms with Gasteiger partial charge in [0, 0.05) is 38.3 Å². The number of rotatable bonds is 3. The number of hydrogen-bond donors (Lipinski definition) is 0. The zero-order valence-electron chi connectivity index (χ0n) is 14.0. The van der Waals surface area contributed by atoms with Gasteiger partial charge < -0.3 is 14.5 Å². The Labute approximate surface area is 142 Å². The average Bonchev–Trinajstić information content (AvgIpc) is 3.24. The van der Waals surface area contributed by atoms with E-state index in [0.29, 0.717) is 23.5 Å². The van der Waals surface area contributed by atoms with Crippen molar-refractivity contribution in [2.45, 2.75) is 25.4 Å². The number of benzene rings is 1. The van der Waals surface area contributed by atoms with E-state index >= 15 is 0 Å². The first-order valence-electron chi connectivity index (χ1n) is 9.08. The quantitative estimate of drug-likeness (QED) is 0.852. The van der Waals surface area contributed by atoms with E-state index in [0.717, 1.165) is 45.8 Å². The molecule has 3 heterocycles. The van der Waals surface area contributed by atoms with Gasteiger partial charge in [0.15, 0.2) is 0 Å². The smallest absolute Gasteiger partial charge is 0.253 e. The van der Waals surface area contributed by atoms with Gasteiger partial charge in [0.25, 0.3) is 5.91 Å². The number of nitrogens with zero attached hydrogens (tertiary/aromatic N) is 2. The van der Waals surface area contributed by atoms with Crippen molar-refractivity contribution in [2.24, 2.45) is 11.8 Å². The second kappa shape index (κ2) is 6.81. The third kappa shape index (κ3) is 3.33. The maximum Gasteiger partial charge on any atom is 0.253 e. The number of carbonyl (C=O) groups is 1. The van der Waals surface area contributed by atoms with Crippen LogP contribution < -0.4 is 0 Å². The predicted octanol–water partition coefficient (Wildman–Crippen LogP) is 2.40. The molecule has 3 atom stereocenters. The van der Waals surface area contributed by atoms with Crippen LogP contribution in [0, 0.1) is 17.7 Å². The molecule has 1 unspecified atom stereocenters. The van der Waals surface area contributed by atoms with E-state index in [1.165, 1.54) is 25.0 Å². The summed E-state index contributed by atoms with van der Waals surface area (Å²) in [6.45, 7) is 5.79. The number of hydrogen-bond acceptors (Lipinski definition) is 3. The molecule has 0 radical (unpaired) electrons. The highest BCUT2D eigenvalue weighted by atomic mass is 19.1. The van der Waals surface area contributed by atoms with Crippen LogP contribution in [-0.2, 0) is 4.74 Å². The number of halogens is 1. The van der Waals surface area contributed by atoms with E-state index in [9.17, 15) is 9.18 Å². The first kappa shape index (κ1) is 16.0. The molecule has 0 aromatic heterocycles. The van der Waals surface area contributed by atoms with E-state index in [-0.39, 0.29) is 11.7 Å². The van der Waals surface area contributed by atoms with Crippen LogP contribution in [0.5, 0.6) is 0 Å². The summed E-state index contributed by atoms with van der Waals surface area (Å²) in [5.41, 5.74) is 0.589. The standard InChI is InChI=1S/C19H25FN2O2/c20-17-5-3-14(4-6-17)19(23)22-11-15-7-8-21(10-16(15)12-22)13-18-2-1-9-24-18/h3-6,15-16,18H,1-2,7-13H2/t15-,16+,18?/m1/s1. The minimum Gasteiger partial charge on any atom is -0.377 e. The molecule has 130 valence electrons. The van der Waals surface area contributed by atoms with Gasteiger partial charge in [-0.05, 0) is 61.9 Å². The van der Waals surface area contributed by atoms with Gasteiger partial charge in [-0.1, -0.05) is 0 Å². The van der Waals surface area contributed by atoms with E-state index in [4.69, 9.17) is 4.74 Å². The number of ether oxygens (including phenoxy) is 1. The van der Waals surface area contributed by atoms with Crippen LogP contribution in [0.4, 0.5) is 4.39 Å². The van der Waals surface area contributed by atoms with Crippen molar-refractivity contribution in [3.63, 3.8) is 0 Å². The molecule has 3 fully saturated rings. The monoisotopic (exact) mass is 332 g/mol. The second-order valence-electron chi connectivity index (χ2n) is 7.42. The minimum absolute atomic E-state index is 0.0371. The minimum atomic E-state index is -0.300. The zero-order valence-corrected chi connectivity index (χ0v) is 14.0. The third-order valence-electron chi connectivity index (χ3n) is 5.75. The number of fused-ring (bicyclic) bond motifs is 1. The molecule has 4 rings (SSSR count). The molecule has 3 aliphatic rings. The summed E-state index contributed by atoms with van der Waals surface area (Å²) in [4.78, 5) is 17.1. The van der Waals surface area contributed by atoms with Gasteiger partial charge in [0.1, 0.15) is 5.82 Å². The third-order valence-corrected chi connectivity index (χ3v) is 5.75. The zero-order chi connectivity index (χ0) is 16.5. The molecule has 24 heavy (non-hydrogen) atoms. The highest BCUT2D eigenvalue weighted by Crippen LogP contribution is 2.32. The summed E-state index contributed by atoms with van der Waals surface area (Å²) in [7, 11) is 0. The molecule has 4 nitrogen and oxygen atoms in total. The van der Waals surface area contributed by atoms with Crippen molar-refractivity contribution >= 4 is 5.91 Å². The largest absolute Gasteiger partial charge is 0.377 e. The maximum absolute atomic E-state index is 13.0. The first-order valence-corrected chi connectivity index (χ1v) is 9.08. The lowest BCUT2D eigenvalue weighted by atomic mass is 9.88. The maximum atomic E-state index is 13.0. The molecule has 0 N–H and O–H groups in total. The Balaban J connectivity index is 1.35. The number of piperidine rings is 1. The molecule has 3 saturated heterocycles. The van der Waals surface area contributed by atoms with Crippen LogP contribution in [-0.4, -0.2) is 61.1 Å². The summed E-state index contributed by atoms with van der Waals surface area (Å²) in [6.07, 6.45) is 3.93. The molecule has 0 bridgehead atoms. The van der Waals surface area contributed by atoms with Crippen LogP contribution in [0.3, 0.4) is 0 Å². The van der Waals surface area contributed by atoms with E-state index in [1.807, 2.05) is 4.90 Å². The van der Waals surface area contributed by atoms with Gasteiger partial charge in [0.05, 0.1) is 6.10 Å². The van der Waals surface area contributed by atoms with Crippen molar-refractivity contribution in [1.29, 1.82) is 0 Å². The molecule has 1 aromatic rings. The molecule has 0 spiro atoms. The molecular formula is C19H25FN2O2. The fourth-order valence-corrected chi connectivity index (χ4v) is 4.43. The van der Waals surface area contributed by atoms with Crippen LogP contribution in [0.25, 0.3) is 0 Å². The second-order valence-corrected chi connectivity index (χ2v) is 7.42. The van der Waals surface area contributed by atoms with Gasteiger partial charge in [-0.25, -0.2) is 4.39 Å². The molecule has 0 aliphatic carbocycles. The Morgan fingerprint density at radius 2 is 1.92 bits per heavy atom. The topological polar surface area (TPSA) is 32.8 Å². The lowest BCUT2D eigenvalue weighted by Gasteiger charge is -2.35. The van der Waals surface area contributed by atoms with E-state index < -0.39 is 0 Å². The van der Waals surface area contributed by atoms with Gasteiger partial charge in [-0.2, -0.15) is 0 Å². The van der Waals surface area contributed by atoms with Crippen molar-refractivity contribution in [1.82, 2.24) is 9.80 Å². The lowest BCUT2D eigenvalue weighted by molar-refractivity contribution is 0.0506. The Bertz CT molecular complexity index is 586. The molecular weight excluding hydrogens is 307 g/mol. The number of likely N-dealkylation sites (tertiary alicyclic amines) is 2. The van der Waals surface area contributed by atoms with E-state index in [2.05, 4.69) is 4.90 Å². The van der Waals surface area contributed by atoms with Crippen molar-refractivity contribution in [3.05, 3.63) is 35.6 Å². The molecule has 3 aliphatic heterocycles. The average molecular weight is 332 g/mol. The summed E-state index contributed by atoms with van der Waals surface area (Å²) in [5.74, 6) is 0.904. The predicted molar refractivity (Wildman–Crippen MR) is 89.3 cm³/mol. The van der Waals surface area contributed by atoms with Gasteiger partial charge in [0.2, 0.25) is 0 Å².